The van der Waals surface area contributed by atoms with Gasteiger partial charge in [0.15, 0.2) is 0 Å². The molecule has 1 fully saturated rings. The van der Waals surface area contributed by atoms with E-state index >= 15 is 8.78 Å². The van der Waals surface area contributed by atoms with Crippen LogP contribution in [-0.4, -0.2) is 51.5 Å². The number of pyridine rings is 2. The van der Waals surface area contributed by atoms with E-state index in [9.17, 15) is 9.59 Å². The molecule has 2 N–H and O–H groups in total. The fourth-order valence-corrected chi connectivity index (χ4v) is 6.63. The number of ether oxygens (including phenoxy) is 2. The first kappa shape index (κ1) is 28.6. The van der Waals surface area contributed by atoms with E-state index in [2.05, 4.69) is 15.6 Å². The molecule has 2 aromatic carbocycles. The molecule has 0 saturated heterocycles. The van der Waals surface area contributed by atoms with Crippen molar-refractivity contribution in [1.82, 2.24) is 9.55 Å². The van der Waals surface area contributed by atoms with Gasteiger partial charge >= 0.3 is 243 Å². The van der Waals surface area contributed by atoms with Gasteiger partial charge in [0.1, 0.15) is 0 Å². The molecule has 1 aliphatic carbocycles. The SMILES string of the molecule is CCOC(=O)c1cc(=O)c2c(NCc3ccc(OC)cc3)c(F)c([As]CCNc3ccccn3)c(F)c2n1C1CC1. The number of methoxy groups -OCH3 is 1. The summed E-state index contributed by atoms with van der Waals surface area (Å²) in [4.78, 5) is 30.5. The number of nitrogens with zero attached hydrogens (tertiary/aromatic N) is 2. The van der Waals surface area contributed by atoms with E-state index in [1.165, 1.54) is 0 Å². The topological polar surface area (TPSA) is 94.5 Å². The van der Waals surface area contributed by atoms with Crippen molar-refractivity contribution in [3.63, 3.8) is 0 Å². The van der Waals surface area contributed by atoms with Crippen LogP contribution in [0.5, 0.6) is 5.75 Å². The van der Waals surface area contributed by atoms with Gasteiger partial charge in [-0.05, 0) is 0 Å². The Balaban J connectivity index is 1.58. The molecule has 0 bridgehead atoms. The fourth-order valence-electron chi connectivity index (χ4n) is 4.65. The number of anilines is 2. The molecule has 0 aliphatic heterocycles. The number of hydrogen-bond acceptors (Lipinski definition) is 7. The molecule has 1 radical (unpaired) electrons. The predicted molar refractivity (Wildman–Crippen MR) is 156 cm³/mol. The third kappa shape index (κ3) is 6.22. The van der Waals surface area contributed by atoms with E-state index in [-0.39, 0.29) is 45.8 Å². The van der Waals surface area contributed by atoms with Crippen molar-refractivity contribution in [3.8, 4) is 5.75 Å². The number of benzene rings is 2. The maximum atomic E-state index is 16.4. The summed E-state index contributed by atoms with van der Waals surface area (Å²) in [5.41, 5.74) is 0.0505. The van der Waals surface area contributed by atoms with Crippen molar-refractivity contribution in [2.75, 3.05) is 30.9 Å². The number of carbonyl (C=O) groups is 1. The summed E-state index contributed by atoms with van der Waals surface area (Å²) < 4.78 is 44.4. The van der Waals surface area contributed by atoms with Crippen LogP contribution >= 0.6 is 0 Å². The van der Waals surface area contributed by atoms with E-state index in [1.54, 1.807) is 43.0 Å². The summed E-state index contributed by atoms with van der Waals surface area (Å²) in [7, 11) is 1.57. The van der Waals surface area contributed by atoms with E-state index in [0.717, 1.165) is 11.6 Å². The second kappa shape index (κ2) is 12.7. The standard InChI is InChI=1S/C30H30AsF2N4O4/c1-3-41-30(39)21-16-22(38)24-28(36-17-18-7-11-20(40-2)12-8-18)26(32)25(27(33)29(24)37(21)19-9-10-19)31-13-15-35-23-6-4-5-14-34-23/h4-8,11-12,14,16,19,36H,3,9-10,13,15,17H2,1-2H3,(H,34,35). The molecule has 11 heteroatoms. The summed E-state index contributed by atoms with van der Waals surface area (Å²) in [5.74, 6) is -0.914. The minimum atomic E-state index is -0.982. The molecule has 4 aromatic rings. The molecule has 1 saturated carbocycles. The van der Waals surface area contributed by atoms with Crippen LogP contribution in [0.1, 0.15) is 41.9 Å². The van der Waals surface area contributed by atoms with E-state index in [0.29, 0.717) is 36.2 Å². The van der Waals surface area contributed by atoms with Crippen molar-refractivity contribution < 1.29 is 23.0 Å². The van der Waals surface area contributed by atoms with Crippen LogP contribution in [0.2, 0.25) is 5.21 Å². The van der Waals surface area contributed by atoms with Gasteiger partial charge in [0.2, 0.25) is 0 Å². The van der Waals surface area contributed by atoms with Gasteiger partial charge in [-0.2, -0.15) is 0 Å². The number of nitrogens with one attached hydrogen (secondary N) is 2. The molecule has 8 nitrogen and oxygen atoms in total. The Bertz CT molecular complexity index is 1610. The first-order chi connectivity index (χ1) is 19.9. The molecular formula is C30H30AsF2N4O4. The average Bonchev–Trinajstić information content (AvgIpc) is 3.83. The van der Waals surface area contributed by atoms with Crippen molar-refractivity contribution in [3.05, 3.63) is 87.8 Å². The first-order valence-electron chi connectivity index (χ1n) is 13.4. The van der Waals surface area contributed by atoms with Gasteiger partial charge in [-0.1, -0.05) is 0 Å². The number of fused-ring (bicyclic) bond motifs is 1. The second-order valence-electron chi connectivity index (χ2n) is 9.52. The van der Waals surface area contributed by atoms with Gasteiger partial charge in [-0.25, -0.2) is 0 Å². The van der Waals surface area contributed by atoms with E-state index < -0.39 is 38.8 Å². The number of carbonyl (C=O) groups excluding carboxylic acids is 1. The van der Waals surface area contributed by atoms with Crippen molar-refractivity contribution in [2.24, 2.45) is 0 Å². The predicted octanol–water partition coefficient (Wildman–Crippen LogP) is 4.67. The van der Waals surface area contributed by atoms with Gasteiger partial charge in [-0.15, -0.1) is 0 Å². The van der Waals surface area contributed by atoms with Crippen LogP contribution in [0.4, 0.5) is 20.3 Å². The minimum absolute atomic E-state index is 0.0162. The van der Waals surface area contributed by atoms with Crippen LogP contribution in [-0.2, 0) is 11.3 Å². The van der Waals surface area contributed by atoms with Crippen molar-refractivity contribution >= 4 is 48.5 Å². The van der Waals surface area contributed by atoms with Crippen LogP contribution in [0.25, 0.3) is 10.9 Å². The molecule has 213 valence electrons. The van der Waals surface area contributed by atoms with Gasteiger partial charge < -0.3 is 0 Å². The molecule has 5 rings (SSSR count). The van der Waals surface area contributed by atoms with Gasteiger partial charge in [-0.3, -0.25) is 0 Å². The summed E-state index contributed by atoms with van der Waals surface area (Å²) in [5, 5.41) is 6.63. The Kier molecular flexibility index (Phi) is 8.88. The van der Waals surface area contributed by atoms with Crippen molar-refractivity contribution in [2.45, 2.75) is 37.6 Å². The van der Waals surface area contributed by atoms with Gasteiger partial charge in [0.05, 0.1) is 0 Å². The summed E-state index contributed by atoms with van der Waals surface area (Å²) in [6.45, 7) is 2.44. The maximum absolute atomic E-state index is 16.4. The van der Waals surface area contributed by atoms with Crippen LogP contribution in [0, 0.1) is 11.6 Å². The average molecular weight is 624 g/mol. The first-order valence-corrected chi connectivity index (χ1v) is 15.7. The summed E-state index contributed by atoms with van der Waals surface area (Å²) >= 11 is -0.982. The van der Waals surface area contributed by atoms with Crippen LogP contribution in [0.15, 0.2) is 59.5 Å². The molecule has 0 amide bonds. The molecule has 1 aliphatic rings. The zero-order valence-electron chi connectivity index (χ0n) is 22.7. The van der Waals surface area contributed by atoms with Gasteiger partial charge in [0, 0.05) is 0 Å². The Labute approximate surface area is 242 Å². The van der Waals surface area contributed by atoms with Crippen LogP contribution < -0.4 is 25.2 Å². The third-order valence-electron chi connectivity index (χ3n) is 6.72. The fraction of sp³-hybridized carbons (Fsp3) is 0.300. The Morgan fingerprint density at radius 1 is 1.12 bits per heavy atom. The monoisotopic (exact) mass is 623 g/mol. The second-order valence-corrected chi connectivity index (χ2v) is 12.1. The molecular weight excluding hydrogens is 593 g/mol. The quantitative estimate of drug-likeness (QED) is 0.135. The number of rotatable bonds is 12. The molecule has 2 heterocycles. The zero-order chi connectivity index (χ0) is 28.9. The van der Waals surface area contributed by atoms with Gasteiger partial charge in [0.25, 0.3) is 0 Å². The number of esters is 1. The normalized spacial score (nSPS) is 13.1. The molecule has 41 heavy (non-hydrogen) atoms. The summed E-state index contributed by atoms with van der Waals surface area (Å²) in [6, 6.07) is 13.7. The Morgan fingerprint density at radius 3 is 2.56 bits per heavy atom. The molecule has 2 aromatic heterocycles. The van der Waals surface area contributed by atoms with Crippen LogP contribution in [0.3, 0.4) is 0 Å². The molecule has 0 atom stereocenters. The third-order valence-corrected chi connectivity index (χ3v) is 9.15. The van der Waals surface area contributed by atoms with Crippen molar-refractivity contribution in [1.29, 1.82) is 0 Å². The number of hydrogen-bond donors (Lipinski definition) is 2. The summed E-state index contributed by atoms with van der Waals surface area (Å²) in [6.07, 6.45) is 3.09. The van der Waals surface area contributed by atoms with E-state index in [1.807, 2.05) is 24.3 Å². The number of aromatic nitrogens is 2. The Hall–Kier alpha value is -3.91. The zero-order valence-corrected chi connectivity index (χ0v) is 24.6. The molecule has 0 unspecified atom stereocenters. The molecule has 0 spiro atoms. The Morgan fingerprint density at radius 2 is 1.90 bits per heavy atom. The number of halogens is 2. The van der Waals surface area contributed by atoms with E-state index in [4.69, 9.17) is 9.47 Å².